The van der Waals surface area contributed by atoms with Gasteiger partial charge < -0.3 is 10.8 Å². The predicted molar refractivity (Wildman–Crippen MR) is 53.5 cm³/mol. The van der Waals surface area contributed by atoms with Gasteiger partial charge in [-0.2, -0.15) is 0 Å². The lowest BCUT2D eigenvalue weighted by Crippen LogP contribution is -2.23. The fraction of sp³-hybridized carbons (Fsp3) is 0.900. The number of nitrogens with two attached hydrogens (primary N) is 1. The molecule has 3 nitrogen and oxygen atoms in total. The largest absolute Gasteiger partial charge is 0.481 e. The maximum Gasteiger partial charge on any atom is 0.306 e. The molecular formula is C10H21NO2. The molecule has 1 unspecified atom stereocenters. The number of aliphatic carboxylic acids is 1. The number of carbonyl (C=O) groups is 1. The molecule has 0 bridgehead atoms. The van der Waals surface area contributed by atoms with Crippen molar-refractivity contribution in [3.63, 3.8) is 0 Å². The van der Waals surface area contributed by atoms with E-state index in [9.17, 15) is 4.79 Å². The Hall–Kier alpha value is -0.570. The summed E-state index contributed by atoms with van der Waals surface area (Å²) in [7, 11) is 0. The predicted octanol–water partition coefficient (Wildman–Crippen LogP) is 1.86. The Kier molecular flexibility index (Phi) is 6.59. The van der Waals surface area contributed by atoms with Crippen LogP contribution in [0.25, 0.3) is 0 Å². The van der Waals surface area contributed by atoms with Gasteiger partial charge in [-0.05, 0) is 25.3 Å². The number of carboxylic acids is 1. The first-order valence-electron chi connectivity index (χ1n) is 5.10. The minimum absolute atomic E-state index is 0.196. The van der Waals surface area contributed by atoms with E-state index in [-0.39, 0.29) is 5.92 Å². The van der Waals surface area contributed by atoms with E-state index in [1.54, 1.807) is 0 Å². The van der Waals surface area contributed by atoms with Gasteiger partial charge in [0.2, 0.25) is 0 Å². The lowest BCUT2D eigenvalue weighted by atomic mass is 9.85. The van der Waals surface area contributed by atoms with Gasteiger partial charge in [0.05, 0.1) is 5.92 Å². The summed E-state index contributed by atoms with van der Waals surface area (Å²) < 4.78 is 0. The smallest absolute Gasteiger partial charge is 0.306 e. The third-order valence-corrected chi connectivity index (χ3v) is 2.65. The second kappa shape index (κ2) is 6.89. The third kappa shape index (κ3) is 4.27. The molecule has 0 rings (SSSR count). The van der Waals surface area contributed by atoms with Crippen LogP contribution in [0, 0.1) is 11.8 Å². The van der Waals surface area contributed by atoms with Crippen LogP contribution in [-0.2, 0) is 4.79 Å². The molecule has 1 atom stereocenters. The zero-order valence-electron chi connectivity index (χ0n) is 8.62. The topological polar surface area (TPSA) is 63.3 Å². The molecule has 13 heavy (non-hydrogen) atoms. The quantitative estimate of drug-likeness (QED) is 0.639. The second-order valence-electron chi connectivity index (χ2n) is 3.45. The maximum absolute atomic E-state index is 10.9. The number of carboxylic acid groups (broad SMARTS) is 1. The van der Waals surface area contributed by atoms with E-state index < -0.39 is 5.97 Å². The Bertz CT molecular complexity index is 144. The van der Waals surface area contributed by atoms with Crippen molar-refractivity contribution >= 4 is 5.97 Å². The Morgan fingerprint density at radius 2 is 1.92 bits per heavy atom. The maximum atomic E-state index is 10.9. The minimum Gasteiger partial charge on any atom is -0.481 e. The van der Waals surface area contributed by atoms with Crippen LogP contribution in [0.4, 0.5) is 0 Å². The van der Waals surface area contributed by atoms with E-state index in [0.29, 0.717) is 12.5 Å². The van der Waals surface area contributed by atoms with Crippen molar-refractivity contribution in [2.45, 2.75) is 39.5 Å². The Balaban J connectivity index is 4.12. The molecule has 3 N–H and O–H groups in total. The second-order valence-corrected chi connectivity index (χ2v) is 3.45. The van der Waals surface area contributed by atoms with Crippen LogP contribution in [0.3, 0.4) is 0 Å². The monoisotopic (exact) mass is 187 g/mol. The van der Waals surface area contributed by atoms with E-state index in [1.807, 2.05) is 13.8 Å². The SMILES string of the molecule is CCC(CC)C(CCCN)C(=O)O. The highest BCUT2D eigenvalue weighted by Crippen LogP contribution is 2.23. The Morgan fingerprint density at radius 1 is 1.38 bits per heavy atom. The van der Waals surface area contributed by atoms with Gasteiger partial charge in [-0.1, -0.05) is 26.7 Å². The Morgan fingerprint density at radius 3 is 2.23 bits per heavy atom. The van der Waals surface area contributed by atoms with E-state index in [1.165, 1.54) is 0 Å². The lowest BCUT2D eigenvalue weighted by Gasteiger charge is -2.20. The molecule has 0 aromatic heterocycles. The first kappa shape index (κ1) is 12.4. The molecule has 0 amide bonds. The molecule has 0 saturated carbocycles. The third-order valence-electron chi connectivity index (χ3n) is 2.65. The summed E-state index contributed by atoms with van der Waals surface area (Å²) in [5.74, 6) is -0.551. The van der Waals surface area contributed by atoms with Crippen LogP contribution in [0.15, 0.2) is 0 Å². The van der Waals surface area contributed by atoms with Crippen molar-refractivity contribution in [1.29, 1.82) is 0 Å². The zero-order valence-corrected chi connectivity index (χ0v) is 8.62. The van der Waals surface area contributed by atoms with Gasteiger partial charge in [0, 0.05) is 0 Å². The van der Waals surface area contributed by atoms with Crippen LogP contribution in [-0.4, -0.2) is 17.6 Å². The molecule has 78 valence electrons. The Labute approximate surface area is 80.3 Å². The van der Waals surface area contributed by atoms with E-state index in [4.69, 9.17) is 10.8 Å². The molecule has 0 aliphatic rings. The molecule has 0 aromatic carbocycles. The van der Waals surface area contributed by atoms with Gasteiger partial charge in [0.15, 0.2) is 0 Å². The summed E-state index contributed by atoms with van der Waals surface area (Å²) in [5.41, 5.74) is 5.37. The molecule has 0 aliphatic heterocycles. The van der Waals surface area contributed by atoms with E-state index in [0.717, 1.165) is 25.7 Å². The normalized spacial score (nSPS) is 13.2. The molecule has 0 radical (unpaired) electrons. The van der Waals surface area contributed by atoms with Gasteiger partial charge in [0.25, 0.3) is 0 Å². The molecule has 0 saturated heterocycles. The van der Waals surface area contributed by atoms with Crippen molar-refractivity contribution < 1.29 is 9.90 Å². The molecule has 0 spiro atoms. The van der Waals surface area contributed by atoms with Gasteiger partial charge >= 0.3 is 5.97 Å². The molecule has 0 heterocycles. The molecular weight excluding hydrogens is 166 g/mol. The lowest BCUT2D eigenvalue weighted by molar-refractivity contribution is -0.144. The van der Waals surface area contributed by atoms with E-state index >= 15 is 0 Å². The number of hydrogen-bond acceptors (Lipinski definition) is 2. The molecule has 0 aliphatic carbocycles. The van der Waals surface area contributed by atoms with Gasteiger partial charge in [0.1, 0.15) is 0 Å². The summed E-state index contributed by atoms with van der Waals surface area (Å²) >= 11 is 0. The summed E-state index contributed by atoms with van der Waals surface area (Å²) in [6.07, 6.45) is 3.42. The standard InChI is InChI=1S/C10H21NO2/c1-3-8(4-2)9(10(12)13)6-5-7-11/h8-9H,3-7,11H2,1-2H3,(H,12,13). The first-order chi connectivity index (χ1) is 6.17. The number of hydrogen-bond donors (Lipinski definition) is 2. The average molecular weight is 187 g/mol. The average Bonchev–Trinajstić information content (AvgIpc) is 2.11. The number of rotatable bonds is 7. The van der Waals surface area contributed by atoms with Crippen molar-refractivity contribution in [3.8, 4) is 0 Å². The summed E-state index contributed by atoms with van der Waals surface area (Å²) in [6.45, 7) is 4.68. The van der Waals surface area contributed by atoms with Gasteiger partial charge in [-0.15, -0.1) is 0 Å². The molecule has 3 heteroatoms. The fourth-order valence-corrected chi connectivity index (χ4v) is 1.76. The van der Waals surface area contributed by atoms with Crippen molar-refractivity contribution in [2.24, 2.45) is 17.6 Å². The highest BCUT2D eigenvalue weighted by Gasteiger charge is 2.24. The zero-order chi connectivity index (χ0) is 10.3. The summed E-state index contributed by atoms with van der Waals surface area (Å²) in [5, 5.41) is 8.99. The van der Waals surface area contributed by atoms with Crippen molar-refractivity contribution in [2.75, 3.05) is 6.54 Å². The van der Waals surface area contributed by atoms with Gasteiger partial charge in [-0.25, -0.2) is 0 Å². The fourth-order valence-electron chi connectivity index (χ4n) is 1.76. The summed E-state index contributed by atoms with van der Waals surface area (Å²) in [6, 6.07) is 0. The van der Waals surface area contributed by atoms with Crippen molar-refractivity contribution in [3.05, 3.63) is 0 Å². The highest BCUT2D eigenvalue weighted by atomic mass is 16.4. The van der Waals surface area contributed by atoms with Gasteiger partial charge in [-0.3, -0.25) is 4.79 Å². The highest BCUT2D eigenvalue weighted by molar-refractivity contribution is 5.70. The van der Waals surface area contributed by atoms with Crippen LogP contribution in [0.2, 0.25) is 0 Å². The van der Waals surface area contributed by atoms with Crippen LogP contribution in [0.5, 0.6) is 0 Å². The van der Waals surface area contributed by atoms with Crippen molar-refractivity contribution in [1.82, 2.24) is 0 Å². The van der Waals surface area contributed by atoms with Crippen LogP contribution >= 0.6 is 0 Å². The minimum atomic E-state index is -0.665. The summed E-state index contributed by atoms with van der Waals surface area (Å²) in [4.78, 5) is 10.9. The van der Waals surface area contributed by atoms with Crippen LogP contribution in [0.1, 0.15) is 39.5 Å². The van der Waals surface area contributed by atoms with Crippen LogP contribution < -0.4 is 5.73 Å². The molecule has 0 fully saturated rings. The van der Waals surface area contributed by atoms with E-state index in [2.05, 4.69) is 0 Å². The first-order valence-corrected chi connectivity index (χ1v) is 5.10. The molecule has 0 aromatic rings.